The normalized spacial score (nSPS) is 21.6. The molecule has 6 nitrogen and oxygen atoms in total. The van der Waals surface area contributed by atoms with Crippen molar-refractivity contribution in [3.8, 4) is 11.5 Å². The number of rotatable bonds is 2. The summed E-state index contributed by atoms with van der Waals surface area (Å²) in [6.45, 7) is 1.83. The summed E-state index contributed by atoms with van der Waals surface area (Å²) in [5.41, 5.74) is 7.26. The number of nitrogens with zero attached hydrogens (tertiary/aromatic N) is 1. The van der Waals surface area contributed by atoms with Crippen LogP contribution in [-0.4, -0.2) is 43.7 Å². The first kappa shape index (κ1) is 12.0. The van der Waals surface area contributed by atoms with Crippen molar-refractivity contribution in [1.29, 1.82) is 0 Å². The van der Waals surface area contributed by atoms with Crippen molar-refractivity contribution in [2.45, 2.75) is 12.5 Å². The molecule has 3 N–H and O–H groups in total. The fourth-order valence-corrected chi connectivity index (χ4v) is 2.37. The molecule has 6 heteroatoms. The number of hydrogen-bond acceptors (Lipinski definition) is 5. The second kappa shape index (κ2) is 4.53. The molecule has 0 bridgehead atoms. The van der Waals surface area contributed by atoms with Crippen molar-refractivity contribution in [1.82, 2.24) is 4.90 Å². The van der Waals surface area contributed by atoms with Crippen molar-refractivity contribution in [3.63, 3.8) is 0 Å². The van der Waals surface area contributed by atoms with Gasteiger partial charge in [0.25, 0.3) is 0 Å². The van der Waals surface area contributed by atoms with E-state index in [-0.39, 0.29) is 11.9 Å². The number of carbonyl (C=O) groups excluding carboxylic acids is 1. The van der Waals surface area contributed by atoms with Crippen molar-refractivity contribution < 1.29 is 14.3 Å². The first-order valence-electron chi connectivity index (χ1n) is 6.36. The average Bonchev–Trinajstić information content (AvgIpc) is 2.71. The SMILES string of the molecule is CN1CCC(Nc2cc3c(cc2N)OCCO3)C1=O. The van der Waals surface area contributed by atoms with E-state index in [1.165, 1.54) is 0 Å². The molecule has 0 radical (unpaired) electrons. The predicted molar refractivity (Wildman–Crippen MR) is 71.5 cm³/mol. The maximum absolute atomic E-state index is 11.9. The number of nitrogens with two attached hydrogens (primary N) is 1. The molecule has 0 aromatic heterocycles. The number of amides is 1. The molecule has 3 rings (SSSR count). The molecular formula is C13H17N3O3. The van der Waals surface area contributed by atoms with E-state index < -0.39 is 0 Å². The largest absolute Gasteiger partial charge is 0.486 e. The van der Waals surface area contributed by atoms with Gasteiger partial charge in [0, 0.05) is 25.7 Å². The highest BCUT2D eigenvalue weighted by Gasteiger charge is 2.29. The van der Waals surface area contributed by atoms with Crippen LogP contribution >= 0.6 is 0 Å². The van der Waals surface area contributed by atoms with Crippen LogP contribution in [0, 0.1) is 0 Å². The molecule has 1 atom stereocenters. The number of likely N-dealkylation sites (N-methyl/N-ethyl adjacent to an activating group) is 1. The van der Waals surface area contributed by atoms with Gasteiger partial charge in [-0.25, -0.2) is 0 Å². The average molecular weight is 263 g/mol. The van der Waals surface area contributed by atoms with Crippen LogP contribution in [0.3, 0.4) is 0 Å². The molecule has 2 aliphatic heterocycles. The Morgan fingerprint density at radius 2 is 2.00 bits per heavy atom. The van der Waals surface area contributed by atoms with E-state index in [1.807, 2.05) is 0 Å². The fourth-order valence-electron chi connectivity index (χ4n) is 2.37. The monoisotopic (exact) mass is 263 g/mol. The number of ether oxygens (including phenoxy) is 2. The van der Waals surface area contributed by atoms with Gasteiger partial charge in [0.1, 0.15) is 19.3 Å². The Morgan fingerprint density at radius 1 is 1.32 bits per heavy atom. The van der Waals surface area contributed by atoms with Crippen LogP contribution in [0.5, 0.6) is 11.5 Å². The molecule has 2 heterocycles. The third kappa shape index (κ3) is 2.14. The topological polar surface area (TPSA) is 76.8 Å². The van der Waals surface area contributed by atoms with Gasteiger partial charge < -0.3 is 25.4 Å². The zero-order valence-corrected chi connectivity index (χ0v) is 10.8. The lowest BCUT2D eigenvalue weighted by Crippen LogP contribution is -2.31. The maximum atomic E-state index is 11.9. The molecule has 1 amide bonds. The second-order valence-electron chi connectivity index (χ2n) is 4.83. The summed E-state index contributed by atoms with van der Waals surface area (Å²) in [7, 11) is 1.80. The van der Waals surface area contributed by atoms with Gasteiger partial charge in [-0.2, -0.15) is 0 Å². The van der Waals surface area contributed by atoms with Gasteiger partial charge in [0.15, 0.2) is 11.5 Å². The highest BCUT2D eigenvalue weighted by Crippen LogP contribution is 2.37. The smallest absolute Gasteiger partial charge is 0.244 e. The minimum Gasteiger partial charge on any atom is -0.486 e. The molecule has 1 aromatic carbocycles. The summed E-state index contributed by atoms with van der Waals surface area (Å²) in [4.78, 5) is 13.6. The van der Waals surface area contributed by atoms with Gasteiger partial charge in [0.05, 0.1) is 11.4 Å². The number of likely N-dealkylation sites (tertiary alicyclic amines) is 1. The van der Waals surface area contributed by atoms with E-state index in [9.17, 15) is 4.79 Å². The first-order valence-corrected chi connectivity index (χ1v) is 6.36. The Kier molecular flexibility index (Phi) is 2.85. The Bertz CT molecular complexity index is 518. The van der Waals surface area contributed by atoms with Crippen molar-refractivity contribution >= 4 is 17.3 Å². The van der Waals surface area contributed by atoms with Gasteiger partial charge >= 0.3 is 0 Å². The summed E-state index contributed by atoms with van der Waals surface area (Å²) >= 11 is 0. The minimum atomic E-state index is -0.213. The van der Waals surface area contributed by atoms with Gasteiger partial charge in [-0.15, -0.1) is 0 Å². The van der Waals surface area contributed by atoms with Crippen molar-refractivity contribution in [2.75, 3.05) is 37.9 Å². The number of hydrogen-bond donors (Lipinski definition) is 2. The van der Waals surface area contributed by atoms with E-state index in [0.717, 1.165) is 18.7 Å². The lowest BCUT2D eigenvalue weighted by Gasteiger charge is -2.21. The third-order valence-corrected chi connectivity index (χ3v) is 3.47. The molecular weight excluding hydrogens is 246 g/mol. The van der Waals surface area contributed by atoms with Crippen molar-refractivity contribution in [3.05, 3.63) is 12.1 Å². The zero-order valence-electron chi connectivity index (χ0n) is 10.8. The summed E-state index contributed by atoms with van der Waals surface area (Å²) < 4.78 is 11.0. The highest BCUT2D eigenvalue weighted by atomic mass is 16.6. The number of benzene rings is 1. The lowest BCUT2D eigenvalue weighted by atomic mass is 10.2. The Hall–Kier alpha value is -2.11. The van der Waals surface area contributed by atoms with E-state index in [0.29, 0.717) is 30.4 Å². The molecule has 0 aliphatic carbocycles. The third-order valence-electron chi connectivity index (χ3n) is 3.47. The van der Waals surface area contributed by atoms with E-state index in [2.05, 4.69) is 5.32 Å². The summed E-state index contributed by atoms with van der Waals surface area (Å²) in [6.07, 6.45) is 0.781. The first-order chi connectivity index (χ1) is 9.15. The Labute approximate surface area is 111 Å². The molecule has 1 saturated heterocycles. The Balaban J connectivity index is 1.83. The quantitative estimate of drug-likeness (QED) is 0.767. The summed E-state index contributed by atoms with van der Waals surface area (Å²) in [5.74, 6) is 1.42. The maximum Gasteiger partial charge on any atom is 0.244 e. The molecule has 0 spiro atoms. The van der Waals surface area contributed by atoms with Gasteiger partial charge in [-0.05, 0) is 6.42 Å². The Morgan fingerprint density at radius 3 is 2.63 bits per heavy atom. The molecule has 1 fully saturated rings. The number of nitrogen functional groups attached to an aromatic ring is 1. The van der Waals surface area contributed by atoms with Crippen LogP contribution in [0.25, 0.3) is 0 Å². The molecule has 1 unspecified atom stereocenters. The molecule has 102 valence electrons. The number of nitrogens with one attached hydrogen (secondary N) is 1. The minimum absolute atomic E-state index is 0.0919. The van der Waals surface area contributed by atoms with Crippen LogP contribution in [0.15, 0.2) is 12.1 Å². The zero-order chi connectivity index (χ0) is 13.4. The van der Waals surface area contributed by atoms with E-state index in [1.54, 1.807) is 24.1 Å². The number of carbonyl (C=O) groups is 1. The van der Waals surface area contributed by atoms with Crippen LogP contribution in [0.1, 0.15) is 6.42 Å². The summed E-state index contributed by atoms with van der Waals surface area (Å²) in [6, 6.07) is 3.32. The number of fused-ring (bicyclic) bond motifs is 1. The van der Waals surface area contributed by atoms with Gasteiger partial charge in [-0.3, -0.25) is 4.79 Å². The second-order valence-corrected chi connectivity index (χ2v) is 4.83. The lowest BCUT2D eigenvalue weighted by molar-refractivity contribution is -0.127. The van der Waals surface area contributed by atoms with Crippen molar-refractivity contribution in [2.24, 2.45) is 0 Å². The van der Waals surface area contributed by atoms with E-state index >= 15 is 0 Å². The fraction of sp³-hybridized carbons (Fsp3) is 0.462. The van der Waals surface area contributed by atoms with E-state index in [4.69, 9.17) is 15.2 Å². The van der Waals surface area contributed by atoms with Gasteiger partial charge in [0.2, 0.25) is 5.91 Å². The molecule has 19 heavy (non-hydrogen) atoms. The van der Waals surface area contributed by atoms with Crippen LogP contribution in [0.2, 0.25) is 0 Å². The standard InChI is InChI=1S/C13H17N3O3/c1-16-3-2-9(13(16)17)15-10-7-12-11(6-8(10)14)18-4-5-19-12/h6-7,9,15H,2-5,14H2,1H3. The van der Waals surface area contributed by atoms with Crippen LogP contribution in [0.4, 0.5) is 11.4 Å². The summed E-state index contributed by atoms with van der Waals surface area (Å²) in [5, 5.41) is 3.19. The molecule has 2 aliphatic rings. The highest BCUT2D eigenvalue weighted by molar-refractivity contribution is 5.88. The molecule has 0 saturated carbocycles. The molecule has 1 aromatic rings. The number of anilines is 2. The van der Waals surface area contributed by atoms with Crippen LogP contribution in [-0.2, 0) is 4.79 Å². The van der Waals surface area contributed by atoms with Crippen LogP contribution < -0.4 is 20.5 Å². The van der Waals surface area contributed by atoms with Gasteiger partial charge in [-0.1, -0.05) is 0 Å². The predicted octanol–water partition coefficient (Wildman–Crippen LogP) is 0.683.